The Morgan fingerprint density at radius 3 is 2.56 bits per heavy atom. The van der Waals surface area contributed by atoms with E-state index in [9.17, 15) is 18.8 Å². The minimum Gasteiger partial charge on any atom is -0.324 e. The predicted octanol–water partition coefficient (Wildman–Crippen LogP) is 4.78. The molecule has 7 nitrogen and oxygen atoms in total. The van der Waals surface area contributed by atoms with Crippen LogP contribution < -0.4 is 5.32 Å². The number of hydrogen-bond acceptors (Lipinski definition) is 5. The molecule has 3 amide bonds. The Kier molecular flexibility index (Phi) is 6.34. The Bertz CT molecular complexity index is 1390. The number of nitriles is 1. The van der Waals surface area contributed by atoms with Crippen molar-refractivity contribution >= 4 is 40.6 Å². The number of nitrogens with zero attached hydrogens (tertiary/aromatic N) is 3. The summed E-state index contributed by atoms with van der Waals surface area (Å²) in [7, 11) is 0. The van der Waals surface area contributed by atoms with Crippen LogP contribution in [0.4, 0.5) is 14.9 Å². The van der Waals surface area contributed by atoms with Gasteiger partial charge in [-0.25, -0.2) is 4.39 Å². The first kappa shape index (κ1) is 23.0. The highest BCUT2D eigenvalue weighted by molar-refractivity contribution is 8.18. The predicted molar refractivity (Wildman–Crippen MR) is 128 cm³/mol. The van der Waals surface area contributed by atoms with Gasteiger partial charge in [0.25, 0.3) is 11.1 Å². The van der Waals surface area contributed by atoms with Crippen LogP contribution in [0, 0.1) is 31.0 Å². The second-order valence-corrected chi connectivity index (χ2v) is 8.64. The van der Waals surface area contributed by atoms with Crippen molar-refractivity contribution < 1.29 is 18.8 Å². The van der Waals surface area contributed by atoms with Crippen LogP contribution >= 0.6 is 11.8 Å². The van der Waals surface area contributed by atoms with Gasteiger partial charge >= 0.3 is 0 Å². The SMILES string of the molecule is Cc1cc(/C=C2/SC(=O)N(CC(=O)Nc3cccc(F)c3)C2=O)c(C)n1-c1ccc(C#N)cc1. The maximum atomic E-state index is 13.3. The summed E-state index contributed by atoms with van der Waals surface area (Å²) in [6, 6.07) is 16.5. The molecule has 9 heteroatoms. The Balaban J connectivity index is 1.53. The van der Waals surface area contributed by atoms with Crippen molar-refractivity contribution in [3.63, 3.8) is 0 Å². The van der Waals surface area contributed by atoms with Crippen LogP contribution in [-0.4, -0.2) is 33.1 Å². The second-order valence-electron chi connectivity index (χ2n) is 7.65. The largest absolute Gasteiger partial charge is 0.324 e. The van der Waals surface area contributed by atoms with E-state index >= 15 is 0 Å². The molecule has 0 unspecified atom stereocenters. The van der Waals surface area contributed by atoms with Gasteiger partial charge in [-0.05, 0) is 85.8 Å². The minimum atomic E-state index is -0.604. The zero-order valence-electron chi connectivity index (χ0n) is 18.3. The lowest BCUT2D eigenvalue weighted by molar-refractivity contribution is -0.127. The maximum absolute atomic E-state index is 13.3. The van der Waals surface area contributed by atoms with E-state index in [1.54, 1.807) is 18.2 Å². The maximum Gasteiger partial charge on any atom is 0.294 e. The number of anilines is 1. The molecule has 1 saturated heterocycles. The summed E-state index contributed by atoms with van der Waals surface area (Å²) in [6.45, 7) is 3.35. The number of imide groups is 1. The van der Waals surface area contributed by atoms with Gasteiger partial charge in [-0.15, -0.1) is 0 Å². The number of amides is 3. The molecular weight excluding hydrogens is 455 g/mol. The fourth-order valence-corrected chi connectivity index (χ4v) is 4.53. The molecule has 34 heavy (non-hydrogen) atoms. The van der Waals surface area contributed by atoms with Gasteiger partial charge in [0.15, 0.2) is 0 Å². The van der Waals surface area contributed by atoms with Crippen LogP contribution in [0.1, 0.15) is 22.5 Å². The molecule has 0 bridgehead atoms. The molecule has 1 aromatic heterocycles. The first-order valence-electron chi connectivity index (χ1n) is 10.3. The van der Waals surface area contributed by atoms with Gasteiger partial charge in [0, 0.05) is 22.8 Å². The third kappa shape index (κ3) is 4.63. The summed E-state index contributed by atoms with van der Waals surface area (Å²) in [6.07, 6.45) is 1.64. The topological polar surface area (TPSA) is 95.2 Å². The molecule has 2 heterocycles. The van der Waals surface area contributed by atoms with Gasteiger partial charge in [0.1, 0.15) is 12.4 Å². The Morgan fingerprint density at radius 1 is 1.15 bits per heavy atom. The van der Waals surface area contributed by atoms with Crippen molar-refractivity contribution in [3.05, 3.63) is 87.8 Å². The standard InChI is InChI=1S/C25H19FN4O3S/c1-15-10-18(16(2)30(15)21-8-6-17(13-27)7-9-21)11-22-24(32)29(25(33)34-22)14-23(31)28-20-5-3-4-19(26)12-20/h3-12H,14H2,1-2H3,(H,28,31)/b22-11+. The van der Waals surface area contributed by atoms with Crippen LogP contribution in [0.15, 0.2) is 59.5 Å². The normalized spacial score (nSPS) is 14.5. The monoisotopic (exact) mass is 474 g/mol. The minimum absolute atomic E-state index is 0.212. The quantitative estimate of drug-likeness (QED) is 0.537. The first-order chi connectivity index (χ1) is 16.3. The van der Waals surface area contributed by atoms with E-state index in [0.29, 0.717) is 5.56 Å². The lowest BCUT2D eigenvalue weighted by Gasteiger charge is -2.12. The van der Waals surface area contributed by atoms with Crippen molar-refractivity contribution in [1.29, 1.82) is 5.26 Å². The van der Waals surface area contributed by atoms with Crippen molar-refractivity contribution in [2.24, 2.45) is 0 Å². The molecule has 0 spiro atoms. The van der Waals surface area contributed by atoms with Gasteiger partial charge < -0.3 is 9.88 Å². The fraction of sp³-hybridized carbons (Fsp3) is 0.120. The number of rotatable bonds is 5. The number of halogens is 1. The van der Waals surface area contributed by atoms with E-state index in [4.69, 9.17) is 5.26 Å². The molecule has 0 radical (unpaired) electrons. The lowest BCUT2D eigenvalue weighted by Crippen LogP contribution is -2.36. The van der Waals surface area contributed by atoms with Gasteiger partial charge in [-0.2, -0.15) is 5.26 Å². The van der Waals surface area contributed by atoms with Crippen LogP contribution in [-0.2, 0) is 9.59 Å². The smallest absolute Gasteiger partial charge is 0.294 e. The Labute approximate surface area is 199 Å². The molecule has 1 fully saturated rings. The molecule has 0 atom stereocenters. The summed E-state index contributed by atoms with van der Waals surface area (Å²) < 4.78 is 15.3. The second kappa shape index (κ2) is 9.37. The van der Waals surface area contributed by atoms with E-state index in [1.165, 1.54) is 18.2 Å². The van der Waals surface area contributed by atoms with Crippen LogP contribution in [0.3, 0.4) is 0 Å². The number of carbonyl (C=O) groups is 3. The van der Waals surface area contributed by atoms with E-state index in [-0.39, 0.29) is 10.6 Å². The zero-order chi connectivity index (χ0) is 24.4. The van der Waals surface area contributed by atoms with Crippen molar-refractivity contribution in [2.45, 2.75) is 13.8 Å². The summed E-state index contributed by atoms with van der Waals surface area (Å²) in [5, 5.41) is 10.9. The highest BCUT2D eigenvalue weighted by Gasteiger charge is 2.36. The number of hydrogen-bond donors (Lipinski definition) is 1. The average Bonchev–Trinajstić information content (AvgIpc) is 3.23. The van der Waals surface area contributed by atoms with Crippen LogP contribution in [0.2, 0.25) is 0 Å². The van der Waals surface area contributed by atoms with Crippen LogP contribution in [0.25, 0.3) is 11.8 Å². The highest BCUT2D eigenvalue weighted by Crippen LogP contribution is 2.33. The Hall–Kier alpha value is -4.16. The third-order valence-corrected chi connectivity index (χ3v) is 6.20. The number of aryl methyl sites for hydroxylation is 1. The summed E-state index contributed by atoms with van der Waals surface area (Å²) in [4.78, 5) is 38.7. The molecule has 0 aliphatic carbocycles. The van der Waals surface area contributed by atoms with Crippen molar-refractivity contribution in [3.8, 4) is 11.8 Å². The fourth-order valence-electron chi connectivity index (χ4n) is 3.70. The van der Waals surface area contributed by atoms with Crippen LogP contribution in [0.5, 0.6) is 0 Å². The van der Waals surface area contributed by atoms with Gasteiger partial charge in [-0.3, -0.25) is 19.3 Å². The van der Waals surface area contributed by atoms with E-state index in [2.05, 4.69) is 11.4 Å². The van der Waals surface area contributed by atoms with Crippen molar-refractivity contribution in [2.75, 3.05) is 11.9 Å². The van der Waals surface area contributed by atoms with E-state index in [0.717, 1.165) is 45.4 Å². The number of benzene rings is 2. The summed E-state index contributed by atoms with van der Waals surface area (Å²) >= 11 is 0.765. The van der Waals surface area contributed by atoms with E-state index in [1.807, 2.05) is 36.6 Å². The zero-order valence-corrected chi connectivity index (χ0v) is 19.1. The third-order valence-electron chi connectivity index (χ3n) is 5.30. The van der Waals surface area contributed by atoms with Gasteiger partial charge in [0.2, 0.25) is 5.91 Å². The molecule has 3 aromatic rings. The first-order valence-corrected chi connectivity index (χ1v) is 11.1. The summed E-state index contributed by atoms with van der Waals surface area (Å²) in [5.41, 5.74) is 4.21. The molecule has 2 aromatic carbocycles. The lowest BCUT2D eigenvalue weighted by atomic mass is 10.2. The average molecular weight is 475 g/mol. The highest BCUT2D eigenvalue weighted by atomic mass is 32.2. The molecule has 170 valence electrons. The van der Waals surface area contributed by atoms with Crippen molar-refractivity contribution in [1.82, 2.24) is 9.47 Å². The molecule has 1 aliphatic heterocycles. The number of thioether (sulfide) groups is 1. The number of carbonyl (C=O) groups excluding carboxylic acids is 3. The van der Waals surface area contributed by atoms with Gasteiger partial charge in [0.05, 0.1) is 16.5 Å². The molecule has 1 aliphatic rings. The Morgan fingerprint density at radius 2 is 1.88 bits per heavy atom. The van der Waals surface area contributed by atoms with Gasteiger partial charge in [-0.1, -0.05) is 6.07 Å². The number of nitrogens with one attached hydrogen (secondary N) is 1. The molecule has 0 saturated carbocycles. The molecule has 4 rings (SSSR count). The van der Waals surface area contributed by atoms with E-state index < -0.39 is 29.4 Å². The number of aromatic nitrogens is 1. The summed E-state index contributed by atoms with van der Waals surface area (Å²) in [5.74, 6) is -1.67. The molecular formula is C25H19FN4O3S. The molecule has 1 N–H and O–H groups in total.